The van der Waals surface area contributed by atoms with E-state index in [1.54, 1.807) is 0 Å². The highest BCUT2D eigenvalue weighted by Gasteiger charge is 2.32. The van der Waals surface area contributed by atoms with Crippen LogP contribution in [0.3, 0.4) is 0 Å². The molecule has 0 saturated carbocycles. The van der Waals surface area contributed by atoms with Crippen molar-refractivity contribution < 1.29 is 0 Å². The van der Waals surface area contributed by atoms with Gasteiger partial charge in [0.1, 0.15) is 11.6 Å². The van der Waals surface area contributed by atoms with E-state index >= 15 is 0 Å². The van der Waals surface area contributed by atoms with Crippen LogP contribution < -0.4 is 0 Å². The van der Waals surface area contributed by atoms with Gasteiger partial charge >= 0.3 is 0 Å². The molecular formula is C21H27N5. The first-order chi connectivity index (χ1) is 12.7. The molecule has 0 spiro atoms. The van der Waals surface area contributed by atoms with E-state index in [-0.39, 0.29) is 0 Å². The first kappa shape index (κ1) is 16.1. The van der Waals surface area contributed by atoms with E-state index in [0.29, 0.717) is 6.04 Å². The Morgan fingerprint density at radius 1 is 1.00 bits per heavy atom. The molecule has 1 aliphatic carbocycles. The molecule has 1 aromatic carbocycles. The first-order valence-corrected chi connectivity index (χ1v) is 9.91. The minimum absolute atomic E-state index is 0.422. The molecule has 0 amide bonds. The summed E-state index contributed by atoms with van der Waals surface area (Å²) in [5.74, 6) is 2.42. The summed E-state index contributed by atoms with van der Waals surface area (Å²) in [4.78, 5) is 12.5. The van der Waals surface area contributed by atoms with Gasteiger partial charge in [0.2, 0.25) is 0 Å². The van der Waals surface area contributed by atoms with Crippen LogP contribution in [0.5, 0.6) is 0 Å². The van der Waals surface area contributed by atoms with Gasteiger partial charge < -0.3 is 9.13 Å². The zero-order valence-electron chi connectivity index (χ0n) is 15.8. The Labute approximate surface area is 154 Å². The molecule has 1 atom stereocenters. The number of aromatic nitrogens is 4. The standard InChI is InChI=1S/C21H27N5/c1-24-17-10-5-3-8-15(17)22-20(24)14-26-13-7-12-19(26)21-23-16-9-4-6-11-18(16)25(21)2/h3,5,8,10,19H,4,6-7,9,11-14H2,1-2H3. The topological polar surface area (TPSA) is 38.9 Å². The molecule has 2 aliphatic rings. The molecular weight excluding hydrogens is 322 g/mol. The van der Waals surface area contributed by atoms with Crippen molar-refractivity contribution in [3.05, 3.63) is 47.3 Å². The molecule has 5 heteroatoms. The molecule has 1 unspecified atom stereocenters. The van der Waals surface area contributed by atoms with E-state index in [0.717, 1.165) is 30.9 Å². The van der Waals surface area contributed by atoms with Crippen molar-refractivity contribution in [3.8, 4) is 0 Å². The molecule has 3 heterocycles. The van der Waals surface area contributed by atoms with Crippen molar-refractivity contribution in [3.63, 3.8) is 0 Å². The van der Waals surface area contributed by atoms with Crippen LogP contribution in [0.15, 0.2) is 24.3 Å². The lowest BCUT2D eigenvalue weighted by Crippen LogP contribution is -2.26. The summed E-state index contributed by atoms with van der Waals surface area (Å²) in [5, 5.41) is 0. The molecule has 1 saturated heterocycles. The lowest BCUT2D eigenvalue weighted by molar-refractivity contribution is 0.228. The average Bonchev–Trinajstić information content (AvgIpc) is 3.34. The summed E-state index contributed by atoms with van der Waals surface area (Å²) in [6.07, 6.45) is 7.38. The predicted molar refractivity (Wildman–Crippen MR) is 103 cm³/mol. The highest BCUT2D eigenvalue weighted by atomic mass is 15.3. The Hall–Kier alpha value is -2.14. The van der Waals surface area contributed by atoms with E-state index in [2.05, 4.69) is 52.4 Å². The van der Waals surface area contributed by atoms with Gasteiger partial charge in [-0.3, -0.25) is 4.90 Å². The normalized spacial score (nSPS) is 20.8. The molecule has 1 aliphatic heterocycles. The van der Waals surface area contributed by atoms with Crippen LogP contribution in [0.4, 0.5) is 0 Å². The third-order valence-corrected chi connectivity index (χ3v) is 6.29. The summed E-state index contributed by atoms with van der Waals surface area (Å²) in [5.41, 5.74) is 5.13. The summed E-state index contributed by atoms with van der Waals surface area (Å²) < 4.78 is 4.64. The fraction of sp³-hybridized carbons (Fsp3) is 0.524. The van der Waals surface area contributed by atoms with Gasteiger partial charge in [-0.15, -0.1) is 0 Å². The van der Waals surface area contributed by atoms with Crippen molar-refractivity contribution in [2.24, 2.45) is 14.1 Å². The largest absolute Gasteiger partial charge is 0.334 e. The molecule has 5 rings (SSSR count). The second-order valence-electron chi connectivity index (χ2n) is 7.83. The number of hydrogen-bond donors (Lipinski definition) is 0. The minimum atomic E-state index is 0.422. The molecule has 26 heavy (non-hydrogen) atoms. The van der Waals surface area contributed by atoms with Gasteiger partial charge in [0.05, 0.1) is 29.3 Å². The summed E-state index contributed by atoms with van der Waals surface area (Å²) >= 11 is 0. The number of para-hydroxylation sites is 2. The van der Waals surface area contributed by atoms with Crippen LogP contribution in [0.2, 0.25) is 0 Å². The zero-order valence-corrected chi connectivity index (χ0v) is 15.8. The zero-order chi connectivity index (χ0) is 17.7. The van der Waals surface area contributed by atoms with Crippen molar-refractivity contribution in [1.82, 2.24) is 24.0 Å². The van der Waals surface area contributed by atoms with E-state index in [1.807, 2.05) is 0 Å². The minimum Gasteiger partial charge on any atom is -0.334 e. The Kier molecular flexibility index (Phi) is 3.85. The van der Waals surface area contributed by atoms with E-state index in [4.69, 9.17) is 9.97 Å². The number of likely N-dealkylation sites (tertiary alicyclic amines) is 1. The Morgan fingerprint density at radius 3 is 2.69 bits per heavy atom. The lowest BCUT2D eigenvalue weighted by Gasteiger charge is -2.24. The molecule has 0 bridgehead atoms. The molecule has 3 aromatic rings. The number of imidazole rings is 2. The van der Waals surface area contributed by atoms with Crippen LogP contribution >= 0.6 is 0 Å². The third kappa shape index (κ3) is 2.49. The predicted octanol–water partition coefficient (Wildman–Crippen LogP) is 3.52. The van der Waals surface area contributed by atoms with Crippen LogP contribution in [0.1, 0.15) is 54.8 Å². The van der Waals surface area contributed by atoms with Crippen molar-refractivity contribution in [1.29, 1.82) is 0 Å². The fourth-order valence-electron chi connectivity index (χ4n) is 4.83. The van der Waals surface area contributed by atoms with E-state index in [1.165, 1.54) is 54.8 Å². The van der Waals surface area contributed by atoms with Crippen molar-refractivity contribution in [2.75, 3.05) is 6.54 Å². The number of benzene rings is 1. The van der Waals surface area contributed by atoms with E-state index in [9.17, 15) is 0 Å². The second kappa shape index (κ2) is 6.23. The highest BCUT2D eigenvalue weighted by molar-refractivity contribution is 5.75. The molecule has 1 fully saturated rings. The first-order valence-electron chi connectivity index (χ1n) is 9.91. The van der Waals surface area contributed by atoms with Gasteiger partial charge in [-0.2, -0.15) is 0 Å². The lowest BCUT2D eigenvalue weighted by atomic mass is 10.0. The van der Waals surface area contributed by atoms with Crippen molar-refractivity contribution >= 4 is 11.0 Å². The van der Waals surface area contributed by atoms with Gasteiger partial charge in [-0.05, 0) is 57.2 Å². The smallest absolute Gasteiger partial charge is 0.126 e. The number of nitrogens with zero attached hydrogens (tertiary/aromatic N) is 5. The number of aryl methyl sites for hydroxylation is 2. The SMILES string of the molecule is Cn1c(C2CCCN2Cc2nc3ccccc3n2C)nc2c1CCCC2. The van der Waals surface area contributed by atoms with Gasteiger partial charge in [0.15, 0.2) is 0 Å². The maximum Gasteiger partial charge on any atom is 0.126 e. The highest BCUT2D eigenvalue weighted by Crippen LogP contribution is 2.35. The summed E-state index contributed by atoms with van der Waals surface area (Å²) in [6, 6.07) is 8.83. The fourth-order valence-corrected chi connectivity index (χ4v) is 4.83. The third-order valence-electron chi connectivity index (χ3n) is 6.29. The van der Waals surface area contributed by atoms with E-state index < -0.39 is 0 Å². The monoisotopic (exact) mass is 349 g/mol. The number of hydrogen-bond acceptors (Lipinski definition) is 3. The molecule has 136 valence electrons. The van der Waals surface area contributed by atoms with Gasteiger partial charge in [0, 0.05) is 19.8 Å². The summed E-state index contributed by atoms with van der Waals surface area (Å²) in [7, 11) is 4.35. The Morgan fingerprint density at radius 2 is 1.85 bits per heavy atom. The molecule has 2 aromatic heterocycles. The van der Waals surface area contributed by atoms with Gasteiger partial charge in [-0.25, -0.2) is 9.97 Å². The van der Waals surface area contributed by atoms with Crippen LogP contribution in [-0.4, -0.2) is 30.5 Å². The average molecular weight is 349 g/mol. The Bertz CT molecular complexity index is 951. The van der Waals surface area contributed by atoms with Gasteiger partial charge in [-0.1, -0.05) is 12.1 Å². The van der Waals surface area contributed by atoms with Crippen molar-refractivity contribution in [2.45, 2.75) is 51.1 Å². The summed E-state index contributed by atoms with van der Waals surface area (Å²) in [6.45, 7) is 2.03. The Balaban J connectivity index is 1.46. The van der Waals surface area contributed by atoms with Crippen LogP contribution in [0.25, 0.3) is 11.0 Å². The molecule has 0 N–H and O–H groups in total. The maximum atomic E-state index is 5.08. The molecule has 0 radical (unpaired) electrons. The van der Waals surface area contributed by atoms with Crippen LogP contribution in [-0.2, 0) is 33.5 Å². The quantitative estimate of drug-likeness (QED) is 0.726. The number of rotatable bonds is 3. The van der Waals surface area contributed by atoms with Gasteiger partial charge in [0.25, 0.3) is 0 Å². The second-order valence-corrected chi connectivity index (χ2v) is 7.83. The van der Waals surface area contributed by atoms with Crippen LogP contribution in [0, 0.1) is 0 Å². The maximum absolute atomic E-state index is 5.08. The molecule has 5 nitrogen and oxygen atoms in total. The number of fused-ring (bicyclic) bond motifs is 2.